The van der Waals surface area contributed by atoms with Crippen molar-refractivity contribution in [1.29, 1.82) is 5.26 Å². The minimum absolute atomic E-state index is 0.0591. The molecule has 2 saturated heterocycles. The lowest BCUT2D eigenvalue weighted by molar-refractivity contribution is 0.144. The number of hydrogen-bond donors (Lipinski definition) is 1. The smallest absolute Gasteiger partial charge is 0.317 e. The highest BCUT2D eigenvalue weighted by Gasteiger charge is 2.30. The number of piperidine rings is 1. The van der Waals surface area contributed by atoms with E-state index in [-0.39, 0.29) is 11.4 Å². The summed E-state index contributed by atoms with van der Waals surface area (Å²) in [6.45, 7) is 7.30. The standard InChI is InChI=1S/C12H20N4O/c1-12(10-13)2-5-15(6-3-12)8-9-16-7-4-14-11(16)17/h2-9H2,1H3,(H,14,17). The van der Waals surface area contributed by atoms with E-state index >= 15 is 0 Å². The van der Waals surface area contributed by atoms with Gasteiger partial charge in [0.05, 0.1) is 11.5 Å². The van der Waals surface area contributed by atoms with Gasteiger partial charge in [0, 0.05) is 26.2 Å². The highest BCUT2D eigenvalue weighted by molar-refractivity contribution is 5.76. The summed E-state index contributed by atoms with van der Waals surface area (Å²) >= 11 is 0. The van der Waals surface area contributed by atoms with Crippen LogP contribution in [-0.2, 0) is 0 Å². The summed E-state index contributed by atoms with van der Waals surface area (Å²) in [5.41, 5.74) is -0.137. The molecule has 2 heterocycles. The molecule has 5 heteroatoms. The lowest BCUT2D eigenvalue weighted by Crippen LogP contribution is -2.42. The second-order valence-corrected chi connectivity index (χ2v) is 5.23. The van der Waals surface area contributed by atoms with Crippen LogP contribution in [0.2, 0.25) is 0 Å². The van der Waals surface area contributed by atoms with E-state index in [1.165, 1.54) is 0 Å². The molecule has 0 radical (unpaired) electrons. The van der Waals surface area contributed by atoms with Crippen molar-refractivity contribution in [3.8, 4) is 6.07 Å². The molecule has 2 rings (SSSR count). The SMILES string of the molecule is CC1(C#N)CCN(CCN2CCNC2=O)CC1. The van der Waals surface area contributed by atoms with E-state index in [0.717, 1.165) is 52.1 Å². The molecular weight excluding hydrogens is 216 g/mol. The molecule has 0 aliphatic carbocycles. The molecule has 2 fully saturated rings. The van der Waals surface area contributed by atoms with Gasteiger partial charge >= 0.3 is 6.03 Å². The molecule has 0 unspecified atom stereocenters. The van der Waals surface area contributed by atoms with E-state index in [1.807, 2.05) is 11.8 Å². The van der Waals surface area contributed by atoms with E-state index in [0.29, 0.717) is 0 Å². The zero-order valence-corrected chi connectivity index (χ0v) is 10.4. The Kier molecular flexibility index (Phi) is 3.53. The molecule has 0 aromatic rings. The fraction of sp³-hybridized carbons (Fsp3) is 0.833. The van der Waals surface area contributed by atoms with Crippen LogP contribution in [0, 0.1) is 16.7 Å². The predicted octanol–water partition coefficient (Wildman–Crippen LogP) is 0.637. The Labute approximate surface area is 102 Å². The number of rotatable bonds is 3. The third kappa shape index (κ3) is 2.89. The average Bonchev–Trinajstić information content (AvgIpc) is 2.74. The molecule has 2 amide bonds. The van der Waals surface area contributed by atoms with Gasteiger partial charge in [0.15, 0.2) is 0 Å². The zero-order chi connectivity index (χ0) is 12.3. The first kappa shape index (κ1) is 12.2. The number of carbonyl (C=O) groups excluding carboxylic acids is 1. The Balaban J connectivity index is 1.72. The summed E-state index contributed by atoms with van der Waals surface area (Å²) in [6, 6.07) is 2.46. The highest BCUT2D eigenvalue weighted by atomic mass is 16.2. The fourth-order valence-corrected chi connectivity index (χ4v) is 2.37. The second kappa shape index (κ2) is 4.92. The molecule has 0 atom stereocenters. The molecule has 0 bridgehead atoms. The molecule has 0 aromatic carbocycles. The first-order chi connectivity index (χ1) is 8.13. The monoisotopic (exact) mass is 236 g/mol. The average molecular weight is 236 g/mol. The van der Waals surface area contributed by atoms with E-state index < -0.39 is 0 Å². The van der Waals surface area contributed by atoms with Crippen LogP contribution in [0.3, 0.4) is 0 Å². The number of carbonyl (C=O) groups is 1. The summed E-state index contributed by atoms with van der Waals surface area (Å²) in [5, 5.41) is 11.8. The van der Waals surface area contributed by atoms with Crippen molar-refractivity contribution in [2.75, 3.05) is 39.3 Å². The van der Waals surface area contributed by atoms with E-state index in [4.69, 9.17) is 5.26 Å². The van der Waals surface area contributed by atoms with Gasteiger partial charge in [-0.25, -0.2) is 4.79 Å². The number of amides is 2. The molecule has 5 nitrogen and oxygen atoms in total. The van der Waals surface area contributed by atoms with Gasteiger partial charge in [-0.1, -0.05) is 0 Å². The van der Waals surface area contributed by atoms with E-state index in [1.54, 1.807) is 0 Å². The molecule has 94 valence electrons. The summed E-state index contributed by atoms with van der Waals surface area (Å²) in [5.74, 6) is 0. The number of hydrogen-bond acceptors (Lipinski definition) is 3. The quantitative estimate of drug-likeness (QED) is 0.782. The summed E-state index contributed by atoms with van der Waals surface area (Å²) < 4.78 is 0. The largest absolute Gasteiger partial charge is 0.336 e. The molecule has 0 spiro atoms. The van der Waals surface area contributed by atoms with Crippen molar-refractivity contribution < 1.29 is 4.79 Å². The number of nitrogens with zero attached hydrogens (tertiary/aromatic N) is 3. The lowest BCUT2D eigenvalue weighted by Gasteiger charge is -2.35. The van der Waals surface area contributed by atoms with Crippen molar-refractivity contribution in [2.24, 2.45) is 5.41 Å². The topological polar surface area (TPSA) is 59.4 Å². The Morgan fingerprint density at radius 1 is 1.35 bits per heavy atom. The molecule has 2 aliphatic rings. The van der Waals surface area contributed by atoms with Gasteiger partial charge in [-0.3, -0.25) is 0 Å². The van der Waals surface area contributed by atoms with Crippen molar-refractivity contribution in [1.82, 2.24) is 15.1 Å². The van der Waals surface area contributed by atoms with E-state index in [9.17, 15) is 4.79 Å². The first-order valence-electron chi connectivity index (χ1n) is 6.29. The number of urea groups is 1. The van der Waals surface area contributed by atoms with Crippen LogP contribution in [0.25, 0.3) is 0 Å². The maximum Gasteiger partial charge on any atom is 0.317 e. The first-order valence-corrected chi connectivity index (χ1v) is 6.29. The van der Waals surface area contributed by atoms with Crippen LogP contribution in [0.1, 0.15) is 19.8 Å². The third-order valence-electron chi connectivity index (χ3n) is 3.86. The van der Waals surface area contributed by atoms with Crippen molar-refractivity contribution >= 4 is 6.03 Å². The highest BCUT2D eigenvalue weighted by Crippen LogP contribution is 2.29. The van der Waals surface area contributed by atoms with Crippen LogP contribution in [0.15, 0.2) is 0 Å². The molecule has 1 N–H and O–H groups in total. The summed E-state index contributed by atoms with van der Waals surface area (Å²) in [7, 11) is 0. The van der Waals surface area contributed by atoms with Gasteiger partial charge in [0.25, 0.3) is 0 Å². The summed E-state index contributed by atoms with van der Waals surface area (Å²) in [4.78, 5) is 15.6. The normalized spacial score (nSPS) is 24.5. The van der Waals surface area contributed by atoms with Crippen molar-refractivity contribution in [3.63, 3.8) is 0 Å². The van der Waals surface area contributed by atoms with Gasteiger partial charge in [-0.15, -0.1) is 0 Å². The van der Waals surface area contributed by atoms with Gasteiger partial charge in [0.1, 0.15) is 0 Å². The Bertz CT molecular complexity index is 328. The fourth-order valence-electron chi connectivity index (χ4n) is 2.37. The number of likely N-dealkylation sites (tertiary alicyclic amines) is 1. The Hall–Kier alpha value is -1.28. The molecular formula is C12H20N4O. The minimum atomic E-state index is -0.137. The van der Waals surface area contributed by atoms with Crippen LogP contribution in [0.5, 0.6) is 0 Å². The van der Waals surface area contributed by atoms with Crippen molar-refractivity contribution in [3.05, 3.63) is 0 Å². The van der Waals surface area contributed by atoms with Gasteiger partial charge in [-0.2, -0.15) is 5.26 Å². The second-order valence-electron chi connectivity index (χ2n) is 5.23. The van der Waals surface area contributed by atoms with Crippen LogP contribution in [-0.4, -0.2) is 55.1 Å². The van der Waals surface area contributed by atoms with Gasteiger partial charge < -0.3 is 15.1 Å². The third-order valence-corrected chi connectivity index (χ3v) is 3.86. The van der Waals surface area contributed by atoms with Gasteiger partial charge in [0.2, 0.25) is 0 Å². The zero-order valence-electron chi connectivity index (χ0n) is 10.4. The van der Waals surface area contributed by atoms with Crippen LogP contribution < -0.4 is 5.32 Å². The molecule has 0 saturated carbocycles. The molecule has 0 aromatic heterocycles. The predicted molar refractivity (Wildman–Crippen MR) is 64.4 cm³/mol. The van der Waals surface area contributed by atoms with Crippen LogP contribution in [0.4, 0.5) is 4.79 Å². The Morgan fingerprint density at radius 3 is 2.59 bits per heavy atom. The van der Waals surface area contributed by atoms with Gasteiger partial charge in [-0.05, 0) is 32.9 Å². The maximum absolute atomic E-state index is 11.3. The lowest BCUT2D eigenvalue weighted by atomic mass is 9.82. The van der Waals surface area contributed by atoms with Crippen molar-refractivity contribution in [2.45, 2.75) is 19.8 Å². The van der Waals surface area contributed by atoms with Crippen LogP contribution >= 0.6 is 0 Å². The summed E-state index contributed by atoms with van der Waals surface area (Å²) in [6.07, 6.45) is 1.88. The maximum atomic E-state index is 11.3. The van der Waals surface area contributed by atoms with E-state index in [2.05, 4.69) is 16.3 Å². The minimum Gasteiger partial charge on any atom is -0.336 e. The number of nitrogens with one attached hydrogen (secondary N) is 1. The molecule has 17 heavy (non-hydrogen) atoms. The number of nitriles is 1. The Morgan fingerprint density at radius 2 is 2.06 bits per heavy atom. The molecule has 2 aliphatic heterocycles.